The van der Waals surface area contributed by atoms with Crippen molar-refractivity contribution in [2.75, 3.05) is 5.32 Å². The van der Waals surface area contributed by atoms with E-state index in [1.165, 1.54) is 0 Å². The lowest BCUT2D eigenvalue weighted by molar-refractivity contribution is -0.277. The number of nitrogens with one attached hydrogen (secondary N) is 1. The van der Waals surface area contributed by atoms with Gasteiger partial charge in [-0.2, -0.15) is 26.3 Å². The molecular weight excluding hydrogens is 450 g/mol. The van der Waals surface area contributed by atoms with Gasteiger partial charge in [-0.05, 0) is 25.3 Å². The lowest BCUT2D eigenvalue weighted by atomic mass is 9.94. The van der Waals surface area contributed by atoms with Crippen molar-refractivity contribution in [3.63, 3.8) is 0 Å². The number of alkyl halides is 6. The van der Waals surface area contributed by atoms with Crippen molar-refractivity contribution in [2.45, 2.75) is 62.6 Å². The van der Waals surface area contributed by atoms with Crippen molar-refractivity contribution in [1.82, 2.24) is 15.2 Å². The predicted octanol–water partition coefficient (Wildman–Crippen LogP) is 3.86. The summed E-state index contributed by atoms with van der Waals surface area (Å²) in [5, 5.41) is 29.3. The Kier molecular flexibility index (Phi) is 6.47. The van der Waals surface area contributed by atoms with E-state index in [-0.39, 0.29) is 32.1 Å². The summed E-state index contributed by atoms with van der Waals surface area (Å²) in [5.41, 5.74) is -6.78. The molecule has 0 spiro atoms. The number of carbonyl (C=O) groups excluding carboxylic acids is 1. The SMILES string of the molecule is O=CNc1cc(C(F)(F)F)c2nc1-c1nnc(o1)C(O)(C(F)(F)F)CCCCCCC2O. The van der Waals surface area contributed by atoms with Crippen LogP contribution in [0.4, 0.5) is 32.0 Å². The van der Waals surface area contributed by atoms with Crippen LogP contribution in [0, 0.1) is 0 Å². The summed E-state index contributed by atoms with van der Waals surface area (Å²) < 4.78 is 86.5. The van der Waals surface area contributed by atoms with Gasteiger partial charge >= 0.3 is 12.4 Å². The molecule has 1 aliphatic heterocycles. The van der Waals surface area contributed by atoms with Crippen molar-refractivity contribution in [3.05, 3.63) is 23.2 Å². The number of aliphatic hydroxyl groups is 2. The van der Waals surface area contributed by atoms with E-state index < -0.39 is 64.9 Å². The number of carbonyl (C=O) groups is 1. The number of amides is 1. The predicted molar refractivity (Wildman–Crippen MR) is 94.8 cm³/mol. The van der Waals surface area contributed by atoms with Crippen LogP contribution in [0.5, 0.6) is 0 Å². The smallest absolute Gasteiger partial charge is 0.416 e. The molecule has 4 bridgehead atoms. The Labute approximate surface area is 176 Å². The highest BCUT2D eigenvalue weighted by atomic mass is 19.4. The first-order chi connectivity index (χ1) is 14.9. The number of nitrogens with zero attached hydrogens (tertiary/aromatic N) is 3. The van der Waals surface area contributed by atoms with E-state index in [1.807, 2.05) is 5.32 Å². The quantitative estimate of drug-likeness (QED) is 0.452. The first kappa shape index (κ1) is 23.9. The lowest BCUT2D eigenvalue weighted by Gasteiger charge is -2.27. The molecule has 8 nitrogen and oxygen atoms in total. The number of hydrogen-bond acceptors (Lipinski definition) is 7. The highest BCUT2D eigenvalue weighted by molar-refractivity contribution is 5.81. The zero-order chi connectivity index (χ0) is 23.7. The second-order valence-electron chi connectivity index (χ2n) is 7.32. The third kappa shape index (κ3) is 4.55. The minimum absolute atomic E-state index is 0.0262. The van der Waals surface area contributed by atoms with Crippen molar-refractivity contribution in [1.29, 1.82) is 0 Å². The minimum Gasteiger partial charge on any atom is -0.416 e. The highest BCUT2D eigenvalue weighted by Crippen LogP contribution is 2.44. The van der Waals surface area contributed by atoms with E-state index in [1.54, 1.807) is 0 Å². The number of fused-ring (bicyclic) bond motifs is 5. The summed E-state index contributed by atoms with van der Waals surface area (Å²) >= 11 is 0. The Hall–Kier alpha value is -2.74. The number of rotatable bonds is 2. The third-order valence-corrected chi connectivity index (χ3v) is 5.10. The molecule has 3 heterocycles. The molecule has 0 fully saturated rings. The minimum atomic E-state index is -5.17. The average molecular weight is 468 g/mol. The number of pyridine rings is 1. The van der Waals surface area contributed by atoms with Crippen LogP contribution >= 0.6 is 0 Å². The Morgan fingerprint density at radius 2 is 1.81 bits per heavy atom. The molecule has 14 heteroatoms. The molecule has 3 rings (SSSR count). The molecule has 2 unspecified atom stereocenters. The molecule has 1 aliphatic rings. The molecule has 3 N–H and O–H groups in total. The Morgan fingerprint density at radius 1 is 1.12 bits per heavy atom. The van der Waals surface area contributed by atoms with E-state index in [2.05, 4.69) is 15.2 Å². The van der Waals surface area contributed by atoms with Gasteiger partial charge in [0.2, 0.25) is 12.0 Å². The van der Waals surface area contributed by atoms with Gasteiger partial charge in [0.25, 0.3) is 11.8 Å². The van der Waals surface area contributed by atoms with Crippen LogP contribution in [0.25, 0.3) is 11.6 Å². The van der Waals surface area contributed by atoms with Crippen LogP contribution in [0.3, 0.4) is 0 Å². The van der Waals surface area contributed by atoms with Crippen molar-refractivity contribution in [2.24, 2.45) is 0 Å². The molecule has 0 aliphatic carbocycles. The summed E-state index contributed by atoms with van der Waals surface area (Å²) in [6.45, 7) is 0. The first-order valence-corrected chi connectivity index (χ1v) is 9.52. The van der Waals surface area contributed by atoms with E-state index in [9.17, 15) is 41.4 Å². The van der Waals surface area contributed by atoms with E-state index in [4.69, 9.17) is 4.42 Å². The summed E-state index contributed by atoms with van der Waals surface area (Å²) in [6, 6.07) is 0.473. The van der Waals surface area contributed by atoms with Crippen LogP contribution < -0.4 is 5.32 Å². The van der Waals surface area contributed by atoms with Gasteiger partial charge in [-0.15, -0.1) is 10.2 Å². The molecule has 0 saturated heterocycles. The monoisotopic (exact) mass is 468 g/mol. The second-order valence-corrected chi connectivity index (χ2v) is 7.32. The van der Waals surface area contributed by atoms with Crippen LogP contribution in [0.15, 0.2) is 10.5 Å². The maximum absolute atomic E-state index is 13.6. The number of aliphatic hydroxyl groups excluding tert-OH is 1. The largest absolute Gasteiger partial charge is 0.426 e. The molecular formula is C18H18F6N4O4. The topological polar surface area (TPSA) is 121 Å². The number of halogens is 6. The van der Waals surface area contributed by atoms with Gasteiger partial charge in [-0.3, -0.25) is 4.79 Å². The van der Waals surface area contributed by atoms with Crippen LogP contribution in [0.1, 0.15) is 61.8 Å². The average Bonchev–Trinajstić information content (AvgIpc) is 3.18. The number of anilines is 1. The summed E-state index contributed by atoms with van der Waals surface area (Å²) in [6.07, 6.45) is -12.1. The van der Waals surface area contributed by atoms with Gasteiger partial charge in [0.05, 0.1) is 23.0 Å². The molecule has 2 aromatic rings. The molecule has 176 valence electrons. The zero-order valence-electron chi connectivity index (χ0n) is 16.3. The molecule has 32 heavy (non-hydrogen) atoms. The second kappa shape index (κ2) is 8.65. The fraction of sp³-hybridized carbons (Fsp3) is 0.556. The van der Waals surface area contributed by atoms with E-state index in [0.29, 0.717) is 12.5 Å². The van der Waals surface area contributed by atoms with Crippen molar-refractivity contribution in [3.8, 4) is 11.6 Å². The summed E-state index contributed by atoms with van der Waals surface area (Å²) in [4.78, 5) is 14.6. The Morgan fingerprint density at radius 3 is 2.44 bits per heavy atom. The highest BCUT2D eigenvalue weighted by Gasteiger charge is 2.58. The van der Waals surface area contributed by atoms with Gasteiger partial charge in [-0.1, -0.05) is 19.3 Å². The Balaban J connectivity index is 2.25. The lowest BCUT2D eigenvalue weighted by Crippen LogP contribution is -2.42. The summed E-state index contributed by atoms with van der Waals surface area (Å²) in [5.74, 6) is -1.98. The van der Waals surface area contributed by atoms with Crippen molar-refractivity contribution < 1.29 is 45.8 Å². The molecule has 0 saturated carbocycles. The number of aromatic nitrogens is 3. The van der Waals surface area contributed by atoms with Crippen LogP contribution in [-0.4, -0.2) is 38.0 Å². The Bertz CT molecular complexity index is 977. The van der Waals surface area contributed by atoms with Crippen LogP contribution in [-0.2, 0) is 16.6 Å². The zero-order valence-corrected chi connectivity index (χ0v) is 16.3. The van der Waals surface area contributed by atoms with Crippen molar-refractivity contribution >= 4 is 12.1 Å². The molecule has 2 aromatic heterocycles. The number of hydrogen-bond donors (Lipinski definition) is 3. The molecule has 0 radical (unpaired) electrons. The molecule has 2 atom stereocenters. The normalized spacial score (nSPS) is 22.8. The third-order valence-electron chi connectivity index (χ3n) is 5.10. The first-order valence-electron chi connectivity index (χ1n) is 9.52. The molecule has 0 aromatic carbocycles. The fourth-order valence-electron chi connectivity index (χ4n) is 3.41. The van der Waals surface area contributed by atoms with E-state index in [0.717, 1.165) is 0 Å². The van der Waals surface area contributed by atoms with Gasteiger partial charge in [0.1, 0.15) is 0 Å². The summed E-state index contributed by atoms with van der Waals surface area (Å²) in [7, 11) is 0. The maximum Gasteiger partial charge on any atom is 0.426 e. The maximum atomic E-state index is 13.6. The fourth-order valence-corrected chi connectivity index (χ4v) is 3.41. The van der Waals surface area contributed by atoms with Gasteiger partial charge < -0.3 is 19.9 Å². The van der Waals surface area contributed by atoms with Gasteiger partial charge in [-0.25, -0.2) is 4.98 Å². The van der Waals surface area contributed by atoms with Gasteiger partial charge in [0, 0.05) is 0 Å². The van der Waals surface area contributed by atoms with E-state index >= 15 is 0 Å². The van der Waals surface area contributed by atoms with Gasteiger partial charge in [0.15, 0.2) is 5.69 Å². The molecule has 1 amide bonds. The standard InChI is InChI=1S/C18H18F6N4O4/c19-17(20,21)9-7-10(25-8-29)13-14-27-28-15(32-14)16(31,18(22,23)24)6-4-2-1-3-5-11(30)12(9)26-13/h7-8,11,30-31H,1-6H2,(H,25,29). The van der Waals surface area contributed by atoms with Crippen LogP contribution in [0.2, 0.25) is 0 Å².